The van der Waals surface area contributed by atoms with Crippen molar-refractivity contribution in [2.75, 3.05) is 13.2 Å². The van der Waals surface area contributed by atoms with Crippen LogP contribution in [0, 0.1) is 20.4 Å². The van der Waals surface area contributed by atoms with Gasteiger partial charge < -0.3 is 18.8 Å². The van der Waals surface area contributed by atoms with Crippen LogP contribution in [0.4, 0.5) is 5.69 Å². The molecule has 9 heteroatoms. The molecule has 40 heavy (non-hydrogen) atoms. The molecular formula is C31H32N6O3. The van der Waals surface area contributed by atoms with Crippen molar-refractivity contribution in [3.8, 4) is 16.9 Å². The van der Waals surface area contributed by atoms with Gasteiger partial charge in [-0.25, -0.2) is 9.83 Å². The topological polar surface area (TPSA) is 86.6 Å². The van der Waals surface area contributed by atoms with Gasteiger partial charge in [0.1, 0.15) is 11.6 Å². The molecule has 1 amide bonds. The van der Waals surface area contributed by atoms with Crippen molar-refractivity contribution in [2.45, 2.75) is 46.7 Å². The summed E-state index contributed by atoms with van der Waals surface area (Å²) >= 11 is 0. The minimum Gasteiger partial charge on any atom is -0.505 e. The van der Waals surface area contributed by atoms with E-state index in [1.165, 1.54) is 6.20 Å². The van der Waals surface area contributed by atoms with Crippen molar-refractivity contribution in [3.05, 3.63) is 105 Å². The predicted octanol–water partition coefficient (Wildman–Crippen LogP) is 5.02. The minimum atomic E-state index is -0.318. The number of hydrogen-bond donors (Lipinski definition) is 0. The van der Waals surface area contributed by atoms with Crippen LogP contribution >= 0.6 is 0 Å². The number of ether oxygens (including phenoxy) is 1. The third-order valence-electron chi connectivity index (χ3n) is 7.59. The Morgan fingerprint density at radius 1 is 1.10 bits per heavy atom. The van der Waals surface area contributed by atoms with Crippen LogP contribution in [0.15, 0.2) is 53.8 Å². The van der Waals surface area contributed by atoms with Crippen LogP contribution in [-0.4, -0.2) is 43.1 Å². The Bertz CT molecular complexity index is 1710. The molecule has 1 aromatic carbocycles. The highest BCUT2D eigenvalue weighted by Crippen LogP contribution is 2.37. The summed E-state index contributed by atoms with van der Waals surface area (Å²) in [7, 11) is 1.74. The molecule has 1 aliphatic heterocycles. The minimum absolute atomic E-state index is 0.0699. The molecule has 0 bridgehead atoms. The van der Waals surface area contributed by atoms with Crippen LogP contribution in [0.25, 0.3) is 16.0 Å². The Morgan fingerprint density at radius 2 is 1.88 bits per heavy atom. The van der Waals surface area contributed by atoms with Crippen LogP contribution in [0.5, 0.6) is 5.75 Å². The number of imidazole rings is 1. The van der Waals surface area contributed by atoms with Crippen molar-refractivity contribution in [1.82, 2.24) is 24.0 Å². The van der Waals surface area contributed by atoms with Crippen LogP contribution < -0.4 is 10.3 Å². The fourth-order valence-electron chi connectivity index (χ4n) is 5.34. The Labute approximate surface area is 233 Å². The van der Waals surface area contributed by atoms with Crippen molar-refractivity contribution in [1.29, 1.82) is 0 Å². The number of aromatic nitrogens is 4. The Kier molecular flexibility index (Phi) is 7.26. The Balaban J connectivity index is 1.59. The molecular weight excluding hydrogens is 504 g/mol. The zero-order valence-electron chi connectivity index (χ0n) is 23.4. The summed E-state index contributed by atoms with van der Waals surface area (Å²) < 4.78 is 9.29. The summed E-state index contributed by atoms with van der Waals surface area (Å²) in [5, 5.41) is 0. The predicted molar refractivity (Wildman–Crippen MR) is 153 cm³/mol. The van der Waals surface area contributed by atoms with E-state index >= 15 is 0 Å². The van der Waals surface area contributed by atoms with E-state index in [0.717, 1.165) is 33.6 Å². The second kappa shape index (κ2) is 10.8. The summed E-state index contributed by atoms with van der Waals surface area (Å²) in [6, 6.07) is 7.21. The van der Waals surface area contributed by atoms with Crippen LogP contribution in [-0.2, 0) is 20.0 Å². The van der Waals surface area contributed by atoms with Crippen molar-refractivity contribution in [2.24, 2.45) is 7.05 Å². The number of rotatable bonds is 7. The maximum atomic E-state index is 14.1. The molecule has 0 radical (unpaired) electrons. The first-order valence-corrected chi connectivity index (χ1v) is 13.3. The van der Waals surface area contributed by atoms with Gasteiger partial charge in [-0.15, -0.1) is 0 Å². The van der Waals surface area contributed by atoms with E-state index in [0.29, 0.717) is 48.8 Å². The summed E-state index contributed by atoms with van der Waals surface area (Å²) in [5.41, 5.74) is 6.34. The standard InChI is InChI=1S/C31H32N6O3/c1-7-40-29-15-27(34-16-28(29)32-5)20(3)37-10-8-23-24(26-18-35(6)30(38)12-19(26)2)13-22(14-25(23)31(37)39)17-36-11-9-33-21(36)4/h9,11-16,18,20H,7-8,10,17H2,1-4,6H3/t20-/m0/s1. The molecule has 0 unspecified atom stereocenters. The van der Waals surface area contributed by atoms with E-state index in [1.54, 1.807) is 29.9 Å². The van der Waals surface area contributed by atoms with Crippen LogP contribution in [0.1, 0.15) is 58.5 Å². The van der Waals surface area contributed by atoms with Crippen molar-refractivity contribution >= 4 is 11.6 Å². The first kappa shape index (κ1) is 26.9. The summed E-state index contributed by atoms with van der Waals surface area (Å²) in [4.78, 5) is 40.6. The third kappa shape index (κ3) is 4.89. The van der Waals surface area contributed by atoms with Gasteiger partial charge in [-0.2, -0.15) is 0 Å². The molecule has 9 nitrogen and oxygen atoms in total. The van der Waals surface area contributed by atoms with E-state index in [9.17, 15) is 9.59 Å². The number of carbonyl (C=O) groups is 1. The first-order chi connectivity index (χ1) is 19.2. The Morgan fingerprint density at radius 3 is 2.58 bits per heavy atom. The number of aryl methyl sites for hydroxylation is 3. The van der Waals surface area contributed by atoms with Gasteiger partial charge in [-0.05, 0) is 74.6 Å². The molecule has 1 aliphatic rings. The maximum absolute atomic E-state index is 14.1. The van der Waals surface area contributed by atoms with Crippen LogP contribution in [0.3, 0.4) is 0 Å². The number of pyridine rings is 2. The normalized spacial score (nSPS) is 13.6. The number of hydrogen-bond acceptors (Lipinski definition) is 5. The molecule has 5 rings (SSSR count). The van der Waals surface area contributed by atoms with Gasteiger partial charge in [-0.1, -0.05) is 0 Å². The summed E-state index contributed by atoms with van der Waals surface area (Å²) in [6.07, 6.45) is 7.72. The molecule has 0 saturated carbocycles. The molecule has 3 aromatic heterocycles. The van der Waals surface area contributed by atoms with E-state index in [1.807, 2.05) is 55.6 Å². The SMILES string of the molecule is [C-]#[N+]c1cnc([C@H](C)N2CCc3c(cc(Cn4ccnc4C)cc3-c3cn(C)c(=O)cc3C)C2=O)cc1OCC. The van der Waals surface area contributed by atoms with Crippen molar-refractivity contribution in [3.63, 3.8) is 0 Å². The smallest absolute Gasteiger partial charge is 0.254 e. The quantitative estimate of drug-likeness (QED) is 0.310. The van der Waals surface area contributed by atoms with Gasteiger partial charge in [-0.3, -0.25) is 14.6 Å². The summed E-state index contributed by atoms with van der Waals surface area (Å²) in [5.74, 6) is 1.29. The second-order valence-corrected chi connectivity index (χ2v) is 10.1. The number of carbonyl (C=O) groups excluding carboxylic acids is 1. The molecule has 0 saturated heterocycles. The summed E-state index contributed by atoms with van der Waals surface area (Å²) in [6.45, 7) is 16.6. The van der Waals surface area contributed by atoms with E-state index in [2.05, 4.69) is 20.9 Å². The van der Waals surface area contributed by atoms with E-state index in [-0.39, 0.29) is 17.5 Å². The fourth-order valence-corrected chi connectivity index (χ4v) is 5.34. The molecule has 4 aromatic rings. The molecule has 1 atom stereocenters. The lowest BCUT2D eigenvalue weighted by Crippen LogP contribution is -2.40. The largest absolute Gasteiger partial charge is 0.505 e. The van der Waals surface area contributed by atoms with Gasteiger partial charge >= 0.3 is 0 Å². The van der Waals surface area contributed by atoms with Crippen molar-refractivity contribution < 1.29 is 9.53 Å². The number of nitrogens with zero attached hydrogens (tertiary/aromatic N) is 6. The monoisotopic (exact) mass is 536 g/mol. The van der Waals surface area contributed by atoms with Gasteiger partial charge in [0, 0.05) is 62.1 Å². The molecule has 0 aliphatic carbocycles. The van der Waals surface area contributed by atoms with Gasteiger partial charge in [0.2, 0.25) is 5.69 Å². The van der Waals surface area contributed by atoms with Gasteiger partial charge in [0.15, 0.2) is 0 Å². The molecule has 204 valence electrons. The molecule has 0 spiro atoms. The lowest BCUT2D eigenvalue weighted by atomic mass is 9.87. The second-order valence-electron chi connectivity index (χ2n) is 10.1. The highest BCUT2D eigenvalue weighted by atomic mass is 16.5. The Hall–Kier alpha value is -4.71. The zero-order chi connectivity index (χ0) is 28.6. The van der Waals surface area contributed by atoms with E-state index < -0.39 is 0 Å². The molecule has 0 fully saturated rings. The highest BCUT2D eigenvalue weighted by Gasteiger charge is 2.32. The highest BCUT2D eigenvalue weighted by molar-refractivity contribution is 5.99. The lowest BCUT2D eigenvalue weighted by Gasteiger charge is -2.35. The van der Waals surface area contributed by atoms with Gasteiger partial charge in [0.25, 0.3) is 11.5 Å². The maximum Gasteiger partial charge on any atom is 0.254 e. The molecule has 0 N–H and O–H groups in total. The average molecular weight is 537 g/mol. The first-order valence-electron chi connectivity index (χ1n) is 13.3. The number of amides is 1. The van der Waals surface area contributed by atoms with Gasteiger partial charge in [0.05, 0.1) is 24.9 Å². The fraction of sp³-hybridized carbons (Fsp3) is 0.323. The number of benzene rings is 1. The number of fused-ring (bicyclic) bond motifs is 1. The zero-order valence-corrected chi connectivity index (χ0v) is 23.4. The molecule has 4 heterocycles. The van der Waals surface area contributed by atoms with E-state index in [4.69, 9.17) is 11.3 Å². The lowest BCUT2D eigenvalue weighted by molar-refractivity contribution is 0.0669. The van der Waals surface area contributed by atoms with Crippen LogP contribution in [0.2, 0.25) is 0 Å². The third-order valence-corrected chi connectivity index (χ3v) is 7.59. The average Bonchev–Trinajstić information content (AvgIpc) is 3.34.